The van der Waals surface area contributed by atoms with Gasteiger partial charge in [-0.3, -0.25) is 14.3 Å². The first kappa shape index (κ1) is 21.8. The molecule has 1 aliphatic heterocycles. The standard InChI is InChI=1S/C19H20F4N4O3/c20-13-3-1-12(2-4-13)10-27-15-11-26(16(28)9-24-7-5-17(29)30)8-6-14(15)18(25-27)19(21,22)23/h1-4,24H,5-11H2,(H,29,30). The van der Waals surface area contributed by atoms with Gasteiger partial charge in [0, 0.05) is 18.7 Å². The van der Waals surface area contributed by atoms with Crippen LogP contribution in [-0.2, 0) is 35.3 Å². The van der Waals surface area contributed by atoms with Crippen LogP contribution in [0.2, 0.25) is 0 Å². The lowest BCUT2D eigenvalue weighted by molar-refractivity contribution is -0.142. The highest BCUT2D eigenvalue weighted by atomic mass is 19.4. The lowest BCUT2D eigenvalue weighted by Gasteiger charge is -2.28. The van der Waals surface area contributed by atoms with E-state index in [0.29, 0.717) is 5.56 Å². The van der Waals surface area contributed by atoms with E-state index in [0.717, 1.165) is 0 Å². The van der Waals surface area contributed by atoms with E-state index in [-0.39, 0.29) is 62.7 Å². The van der Waals surface area contributed by atoms with Crippen LogP contribution in [0, 0.1) is 5.82 Å². The zero-order valence-electron chi connectivity index (χ0n) is 15.9. The molecule has 11 heteroatoms. The van der Waals surface area contributed by atoms with Gasteiger partial charge >= 0.3 is 12.1 Å². The molecule has 162 valence electrons. The van der Waals surface area contributed by atoms with Gasteiger partial charge in [-0.05, 0) is 24.1 Å². The summed E-state index contributed by atoms with van der Waals surface area (Å²) in [7, 11) is 0. The first-order valence-electron chi connectivity index (χ1n) is 9.25. The van der Waals surface area contributed by atoms with Crippen molar-refractivity contribution in [1.82, 2.24) is 20.0 Å². The van der Waals surface area contributed by atoms with Gasteiger partial charge in [0.25, 0.3) is 0 Å². The Bertz CT molecular complexity index is 925. The van der Waals surface area contributed by atoms with Crippen molar-refractivity contribution in [2.75, 3.05) is 19.6 Å². The number of hydrogen-bond donors (Lipinski definition) is 2. The summed E-state index contributed by atoms with van der Waals surface area (Å²) in [6.07, 6.45) is -4.76. The number of carboxylic acids is 1. The zero-order chi connectivity index (χ0) is 21.9. The molecule has 0 saturated heterocycles. The van der Waals surface area contributed by atoms with Gasteiger partial charge in [0.05, 0.1) is 31.7 Å². The summed E-state index contributed by atoms with van der Waals surface area (Å²) in [6.45, 7) is 0.0795. The molecule has 2 aromatic rings. The number of nitrogens with zero attached hydrogens (tertiary/aromatic N) is 3. The number of carbonyl (C=O) groups is 2. The van der Waals surface area contributed by atoms with Crippen LogP contribution in [0.25, 0.3) is 0 Å². The summed E-state index contributed by atoms with van der Waals surface area (Å²) < 4.78 is 54.7. The van der Waals surface area contributed by atoms with Gasteiger partial charge in [0.2, 0.25) is 5.91 Å². The number of aliphatic carboxylic acids is 1. The summed E-state index contributed by atoms with van der Waals surface area (Å²) in [5.41, 5.74) is -0.0372. The van der Waals surface area contributed by atoms with Crippen LogP contribution in [0.4, 0.5) is 17.6 Å². The quantitative estimate of drug-likeness (QED) is 0.521. The number of alkyl halides is 3. The summed E-state index contributed by atoms with van der Waals surface area (Å²) in [6, 6.07) is 5.37. The lowest BCUT2D eigenvalue weighted by atomic mass is 10.0. The monoisotopic (exact) mass is 428 g/mol. The number of aromatic nitrogens is 2. The number of carboxylic acid groups (broad SMARTS) is 1. The Balaban J connectivity index is 1.78. The molecule has 0 bridgehead atoms. The van der Waals surface area contributed by atoms with Crippen molar-refractivity contribution < 1.29 is 32.3 Å². The number of halogens is 4. The lowest BCUT2D eigenvalue weighted by Crippen LogP contribution is -2.42. The minimum absolute atomic E-state index is 0.00839. The number of rotatable bonds is 7. The van der Waals surface area contributed by atoms with Crippen molar-refractivity contribution >= 4 is 11.9 Å². The van der Waals surface area contributed by atoms with Crippen LogP contribution >= 0.6 is 0 Å². The van der Waals surface area contributed by atoms with E-state index in [1.807, 2.05) is 0 Å². The first-order valence-corrected chi connectivity index (χ1v) is 9.25. The predicted molar refractivity (Wildman–Crippen MR) is 97.0 cm³/mol. The topological polar surface area (TPSA) is 87.5 Å². The molecule has 1 aromatic heterocycles. The molecule has 1 aliphatic rings. The number of fused-ring (bicyclic) bond motifs is 1. The normalized spacial score (nSPS) is 13.9. The second-order valence-corrected chi connectivity index (χ2v) is 6.94. The molecular weight excluding hydrogens is 408 g/mol. The Kier molecular flexibility index (Phi) is 6.40. The van der Waals surface area contributed by atoms with Crippen LogP contribution in [0.1, 0.15) is 28.9 Å². The van der Waals surface area contributed by atoms with Crippen molar-refractivity contribution in [3.05, 3.63) is 52.6 Å². The predicted octanol–water partition coefficient (Wildman–Crippen LogP) is 2.04. The van der Waals surface area contributed by atoms with E-state index in [1.165, 1.54) is 33.8 Å². The average molecular weight is 428 g/mol. The van der Waals surface area contributed by atoms with Crippen molar-refractivity contribution in [3.63, 3.8) is 0 Å². The van der Waals surface area contributed by atoms with Crippen LogP contribution in [0.5, 0.6) is 0 Å². The molecule has 0 fully saturated rings. The minimum atomic E-state index is -4.62. The Morgan fingerprint density at radius 3 is 2.53 bits per heavy atom. The molecular formula is C19H20F4N4O3. The van der Waals surface area contributed by atoms with Crippen molar-refractivity contribution in [3.8, 4) is 0 Å². The number of amides is 1. The molecule has 30 heavy (non-hydrogen) atoms. The average Bonchev–Trinajstić information content (AvgIpc) is 3.05. The Morgan fingerprint density at radius 2 is 1.90 bits per heavy atom. The van der Waals surface area contributed by atoms with Crippen LogP contribution in [-0.4, -0.2) is 51.3 Å². The third-order valence-corrected chi connectivity index (χ3v) is 4.80. The maximum absolute atomic E-state index is 13.4. The second kappa shape index (κ2) is 8.82. The van der Waals surface area contributed by atoms with E-state index in [2.05, 4.69) is 10.4 Å². The zero-order valence-corrected chi connectivity index (χ0v) is 15.9. The molecule has 1 amide bonds. The van der Waals surface area contributed by atoms with Crippen LogP contribution in [0.15, 0.2) is 24.3 Å². The van der Waals surface area contributed by atoms with Crippen molar-refractivity contribution in [2.24, 2.45) is 0 Å². The molecule has 0 radical (unpaired) electrons. The number of carbonyl (C=O) groups excluding carboxylic acids is 1. The van der Waals surface area contributed by atoms with Crippen molar-refractivity contribution in [1.29, 1.82) is 0 Å². The van der Waals surface area contributed by atoms with E-state index in [4.69, 9.17) is 5.11 Å². The van der Waals surface area contributed by atoms with Crippen LogP contribution in [0.3, 0.4) is 0 Å². The highest BCUT2D eigenvalue weighted by Gasteiger charge is 2.40. The Hall–Kier alpha value is -2.95. The largest absolute Gasteiger partial charge is 0.481 e. The van der Waals surface area contributed by atoms with Gasteiger partial charge in [-0.1, -0.05) is 12.1 Å². The summed E-state index contributed by atoms with van der Waals surface area (Å²) in [4.78, 5) is 24.3. The summed E-state index contributed by atoms with van der Waals surface area (Å²) in [5.74, 6) is -1.79. The molecule has 1 aromatic carbocycles. The van der Waals surface area contributed by atoms with E-state index < -0.39 is 23.7 Å². The second-order valence-electron chi connectivity index (χ2n) is 6.94. The fourth-order valence-electron chi connectivity index (χ4n) is 3.32. The summed E-state index contributed by atoms with van der Waals surface area (Å²) >= 11 is 0. The SMILES string of the molecule is O=C(O)CCNCC(=O)N1CCc2c(C(F)(F)F)nn(Cc3ccc(F)cc3)c2C1. The highest BCUT2D eigenvalue weighted by Crippen LogP contribution is 2.35. The molecule has 3 rings (SSSR count). The van der Waals surface area contributed by atoms with Gasteiger partial charge in [0.15, 0.2) is 5.69 Å². The van der Waals surface area contributed by atoms with Gasteiger partial charge in [-0.2, -0.15) is 18.3 Å². The molecule has 7 nitrogen and oxygen atoms in total. The fraction of sp³-hybridized carbons (Fsp3) is 0.421. The maximum atomic E-state index is 13.4. The molecule has 0 saturated carbocycles. The number of hydrogen-bond acceptors (Lipinski definition) is 4. The van der Waals surface area contributed by atoms with E-state index >= 15 is 0 Å². The third-order valence-electron chi connectivity index (χ3n) is 4.80. The molecule has 0 spiro atoms. The van der Waals surface area contributed by atoms with Gasteiger partial charge in [-0.15, -0.1) is 0 Å². The number of benzene rings is 1. The van der Waals surface area contributed by atoms with Crippen LogP contribution < -0.4 is 5.32 Å². The Morgan fingerprint density at radius 1 is 1.20 bits per heavy atom. The van der Waals surface area contributed by atoms with Gasteiger partial charge in [-0.25, -0.2) is 4.39 Å². The van der Waals surface area contributed by atoms with Gasteiger partial charge < -0.3 is 15.3 Å². The maximum Gasteiger partial charge on any atom is 0.435 e. The molecule has 2 N–H and O–H groups in total. The smallest absolute Gasteiger partial charge is 0.435 e. The van der Waals surface area contributed by atoms with E-state index in [1.54, 1.807) is 0 Å². The minimum Gasteiger partial charge on any atom is -0.481 e. The third kappa shape index (κ3) is 5.15. The number of nitrogens with one attached hydrogen (secondary N) is 1. The molecule has 2 heterocycles. The fourth-order valence-corrected chi connectivity index (χ4v) is 3.32. The first-order chi connectivity index (χ1) is 14.1. The molecule has 0 aliphatic carbocycles. The van der Waals surface area contributed by atoms with Gasteiger partial charge in [0.1, 0.15) is 5.82 Å². The summed E-state index contributed by atoms with van der Waals surface area (Å²) in [5, 5.41) is 15.1. The van der Waals surface area contributed by atoms with Crippen molar-refractivity contribution in [2.45, 2.75) is 32.1 Å². The molecule has 0 atom stereocenters. The van der Waals surface area contributed by atoms with E-state index in [9.17, 15) is 27.2 Å². The highest BCUT2D eigenvalue weighted by molar-refractivity contribution is 5.78. The molecule has 0 unspecified atom stereocenters. The Labute approximate surface area is 169 Å².